The molecular weight excluding hydrogens is 1320 g/mol. The molecule has 3 heterocycles. The van der Waals surface area contributed by atoms with E-state index in [0.717, 1.165) is 55.6 Å². The maximum Gasteiger partial charge on any atom is 0.187 e. The molecule has 0 N–H and O–H groups in total. The Morgan fingerprint density at radius 3 is 0.619 bits per heavy atom. The van der Waals surface area contributed by atoms with Gasteiger partial charge in [0, 0.05) is 7.11 Å². The van der Waals surface area contributed by atoms with E-state index in [-0.39, 0.29) is 79.3 Å². The zero-order chi connectivity index (χ0) is 71.3. The molecule has 3 fully saturated rings. The molecule has 0 amide bonds. The van der Waals surface area contributed by atoms with E-state index in [4.69, 9.17) is 75.8 Å². The molecule has 13 rings (SSSR count). The third-order valence-electron chi connectivity index (χ3n) is 18.8. The van der Waals surface area contributed by atoms with Crippen LogP contribution in [0.3, 0.4) is 0 Å². The summed E-state index contributed by atoms with van der Waals surface area (Å²) in [6.45, 7) is 2.10. The molecule has 16 heteroatoms. The van der Waals surface area contributed by atoms with Crippen molar-refractivity contribution in [3.05, 3.63) is 359 Å². The molecule has 16 nitrogen and oxygen atoms in total. The zero-order valence-electron chi connectivity index (χ0n) is 59.3. The predicted molar refractivity (Wildman–Crippen MR) is 396 cm³/mol. The first-order chi connectivity index (χ1) is 52.0. The molecule has 0 aliphatic carbocycles. The molecule has 0 bridgehead atoms. The first kappa shape index (κ1) is 74.8. The second-order valence-electron chi connectivity index (χ2n) is 26.4. The van der Waals surface area contributed by atoms with E-state index in [2.05, 4.69) is 0 Å². The molecule has 15 atom stereocenters. The van der Waals surface area contributed by atoms with Crippen molar-refractivity contribution in [1.82, 2.24) is 0 Å². The lowest BCUT2D eigenvalue weighted by molar-refractivity contribution is -0.394. The number of methoxy groups -OCH3 is 1. The van der Waals surface area contributed by atoms with Crippen molar-refractivity contribution in [2.75, 3.05) is 26.9 Å². The fourth-order valence-electron chi connectivity index (χ4n) is 13.4. The van der Waals surface area contributed by atoms with Crippen LogP contribution in [0.1, 0.15) is 55.6 Å². The summed E-state index contributed by atoms with van der Waals surface area (Å²) in [6.07, 6.45) is -14.8. The molecule has 0 spiro atoms. The van der Waals surface area contributed by atoms with Gasteiger partial charge in [-0.25, -0.2) is 0 Å². The zero-order valence-corrected chi connectivity index (χ0v) is 59.3. The van der Waals surface area contributed by atoms with Gasteiger partial charge in [-0.05, 0) is 55.6 Å². The molecule has 10 aromatic rings. The van der Waals surface area contributed by atoms with Crippen molar-refractivity contribution in [1.29, 1.82) is 0 Å². The minimum Gasteiger partial charge on any atom is -0.374 e. The summed E-state index contributed by atoms with van der Waals surface area (Å²) in [6, 6.07) is 100. The van der Waals surface area contributed by atoms with Gasteiger partial charge in [0.1, 0.15) is 73.2 Å². The normalized spacial score (nSPS) is 24.6. The fraction of sp³-hybridized carbons (Fsp3) is 0.326. The van der Waals surface area contributed by atoms with Crippen LogP contribution in [-0.4, -0.2) is 119 Å². The number of ether oxygens (including phenoxy) is 16. The van der Waals surface area contributed by atoms with Gasteiger partial charge < -0.3 is 75.8 Å². The molecule has 3 aliphatic heterocycles. The largest absolute Gasteiger partial charge is 0.374 e. The van der Waals surface area contributed by atoms with E-state index in [9.17, 15) is 0 Å². The Morgan fingerprint density at radius 1 is 0.200 bits per heavy atom. The number of hydrogen-bond donors (Lipinski definition) is 0. The topological polar surface area (TPSA) is 148 Å². The van der Waals surface area contributed by atoms with Crippen LogP contribution in [0.5, 0.6) is 0 Å². The lowest BCUT2D eigenvalue weighted by Gasteiger charge is -2.51. The van der Waals surface area contributed by atoms with Crippen LogP contribution in [0.4, 0.5) is 0 Å². The first-order valence-electron chi connectivity index (χ1n) is 36.3. The van der Waals surface area contributed by atoms with Gasteiger partial charge in [0.25, 0.3) is 0 Å². The minimum atomic E-state index is -1.28. The second-order valence-corrected chi connectivity index (χ2v) is 26.4. The van der Waals surface area contributed by atoms with Crippen molar-refractivity contribution < 1.29 is 75.8 Å². The van der Waals surface area contributed by atoms with E-state index in [1.165, 1.54) is 0 Å². The average molecular weight is 1420 g/mol. The van der Waals surface area contributed by atoms with Crippen LogP contribution in [0, 0.1) is 0 Å². The number of hydrogen-bond acceptors (Lipinski definition) is 16. The molecule has 3 aliphatic rings. The maximum atomic E-state index is 7.89. The minimum absolute atomic E-state index is 0.0358. The summed E-state index contributed by atoms with van der Waals surface area (Å²) >= 11 is 0. The summed E-state index contributed by atoms with van der Waals surface area (Å²) in [5.41, 5.74) is 9.42. The SMILES string of the molecule is CO[C@H]1O[C@H](COCc2ccccc2)[C@@H](O[C@H]2O[C@H](COCc3ccccc3)[C@@H](O[C@@H]3O[C@H](COCc4ccccc4)[C@H](OCc4ccccc4)[C@H](OCc4ccccc4)[C@H]3OCc3ccccc3)[C@H](OCc3ccccc3)[C@H]2OCc2ccccc2)[C@H](OCc2ccccc2)[C@H]1OCc1ccccc1. The molecular formula is C89H94O16. The Bertz CT molecular complexity index is 3980. The van der Waals surface area contributed by atoms with Crippen LogP contribution >= 0.6 is 0 Å². The number of benzene rings is 10. The van der Waals surface area contributed by atoms with Crippen molar-refractivity contribution >= 4 is 0 Å². The van der Waals surface area contributed by atoms with Gasteiger partial charge in [0.2, 0.25) is 0 Å². The third-order valence-corrected chi connectivity index (χ3v) is 18.8. The summed E-state index contributed by atoms with van der Waals surface area (Å²) in [4.78, 5) is 0. The molecule has 546 valence electrons. The smallest absolute Gasteiger partial charge is 0.187 e. The van der Waals surface area contributed by atoms with Gasteiger partial charge in [-0.3, -0.25) is 0 Å². The Balaban J connectivity index is 0.934. The maximum absolute atomic E-state index is 7.89. The van der Waals surface area contributed by atoms with Crippen molar-refractivity contribution in [2.45, 2.75) is 158 Å². The highest BCUT2D eigenvalue weighted by Crippen LogP contribution is 2.40. The lowest BCUT2D eigenvalue weighted by Crippen LogP contribution is -2.68. The molecule has 0 unspecified atom stereocenters. The van der Waals surface area contributed by atoms with E-state index in [0.29, 0.717) is 6.61 Å². The van der Waals surface area contributed by atoms with Crippen LogP contribution in [0.25, 0.3) is 0 Å². The third kappa shape index (κ3) is 22.1. The molecule has 0 saturated carbocycles. The van der Waals surface area contributed by atoms with Gasteiger partial charge in [0.05, 0.1) is 85.9 Å². The molecule has 0 aromatic heterocycles. The summed E-state index contributed by atoms with van der Waals surface area (Å²) in [5, 5.41) is 0. The summed E-state index contributed by atoms with van der Waals surface area (Å²) in [5.74, 6) is 0. The van der Waals surface area contributed by atoms with Crippen molar-refractivity contribution in [2.24, 2.45) is 0 Å². The van der Waals surface area contributed by atoms with E-state index in [1.807, 2.05) is 303 Å². The van der Waals surface area contributed by atoms with Gasteiger partial charge in [0.15, 0.2) is 18.9 Å². The summed E-state index contributed by atoms with van der Waals surface area (Å²) in [7, 11) is 1.61. The van der Waals surface area contributed by atoms with Crippen molar-refractivity contribution in [3.63, 3.8) is 0 Å². The predicted octanol–water partition coefficient (Wildman–Crippen LogP) is 15.3. The Morgan fingerprint density at radius 2 is 0.381 bits per heavy atom. The number of rotatable bonds is 38. The fourth-order valence-corrected chi connectivity index (χ4v) is 13.4. The van der Waals surface area contributed by atoms with Crippen LogP contribution in [0.15, 0.2) is 303 Å². The van der Waals surface area contributed by atoms with Gasteiger partial charge in [-0.2, -0.15) is 0 Å². The van der Waals surface area contributed by atoms with E-state index < -0.39 is 92.1 Å². The van der Waals surface area contributed by atoms with Crippen LogP contribution in [-0.2, 0) is 142 Å². The Labute approximate surface area is 616 Å². The van der Waals surface area contributed by atoms with Crippen molar-refractivity contribution in [3.8, 4) is 0 Å². The van der Waals surface area contributed by atoms with Gasteiger partial charge >= 0.3 is 0 Å². The monoisotopic (exact) mass is 1420 g/mol. The van der Waals surface area contributed by atoms with Crippen LogP contribution in [0.2, 0.25) is 0 Å². The molecule has 10 aromatic carbocycles. The first-order valence-corrected chi connectivity index (χ1v) is 36.3. The Hall–Kier alpha value is -8.44. The lowest BCUT2D eigenvalue weighted by atomic mass is 9.95. The molecule has 3 saturated heterocycles. The quantitative estimate of drug-likeness (QED) is 0.0361. The van der Waals surface area contributed by atoms with E-state index in [1.54, 1.807) is 7.11 Å². The second kappa shape index (κ2) is 40.3. The molecule has 105 heavy (non-hydrogen) atoms. The van der Waals surface area contributed by atoms with E-state index >= 15 is 0 Å². The summed E-state index contributed by atoms with van der Waals surface area (Å²) < 4.78 is 116. The van der Waals surface area contributed by atoms with Gasteiger partial charge in [-0.1, -0.05) is 303 Å². The highest BCUT2D eigenvalue weighted by Gasteiger charge is 2.57. The van der Waals surface area contributed by atoms with Gasteiger partial charge in [-0.15, -0.1) is 0 Å². The standard InChI is InChI=1S/C89H94O16/c1-90-87-84(98-59-72-46-26-9-27-47-72)82(96-57-70-42-22-7-23-43-70)79(76(101-87)63-92-53-66-34-14-3-15-35-66)104-89-86(100-61-74-50-30-11-31-51-74)83(97-58-71-44-24-8-25-45-71)80(77(103-89)64-93-54-67-36-16-4-17-37-67)105-88-85(99-60-73-48-28-10-29-49-73)81(95-56-69-40-20-6-21-41-69)78(94-55-68-38-18-5-19-39-68)75(102-88)62-91-52-65-32-12-2-13-33-65/h2-51,75-89H,52-64H2,1H3/t75-,76-,77-,78+,79-,80-,81+,82+,83+,84-,85-,86-,87+,88+,89-/m1/s1. The average Bonchev–Trinajstić information content (AvgIpc) is 0.763. The highest BCUT2D eigenvalue weighted by atomic mass is 16.8. The Kier molecular flexibility index (Phi) is 28.7. The molecule has 0 radical (unpaired) electrons. The highest BCUT2D eigenvalue weighted by molar-refractivity contribution is 5.21. The van der Waals surface area contributed by atoms with Crippen LogP contribution < -0.4 is 0 Å².